The van der Waals surface area contributed by atoms with Gasteiger partial charge < -0.3 is 9.64 Å². The highest BCUT2D eigenvalue weighted by molar-refractivity contribution is 9.10. The Hall–Kier alpha value is -1.81. The molecule has 2 aromatic carbocycles. The minimum absolute atomic E-state index is 0.0992. The van der Waals surface area contributed by atoms with E-state index in [1.165, 1.54) is 0 Å². The van der Waals surface area contributed by atoms with Gasteiger partial charge in [-0.15, -0.1) is 0 Å². The van der Waals surface area contributed by atoms with Crippen molar-refractivity contribution in [3.63, 3.8) is 0 Å². The fourth-order valence-corrected chi connectivity index (χ4v) is 2.70. The average Bonchev–Trinajstić information content (AvgIpc) is 2.52. The number of ether oxygens (including phenoxy) is 1. The lowest BCUT2D eigenvalue weighted by Gasteiger charge is -2.20. The fraction of sp³-hybridized carbons (Fsp3) is 0.278. The monoisotopic (exact) mass is 361 g/mol. The number of carbonyl (C=O) groups excluding carboxylic acids is 1. The normalized spacial score (nSPS) is 10.3. The third-order valence-electron chi connectivity index (χ3n) is 3.44. The van der Waals surface area contributed by atoms with Crippen molar-refractivity contribution < 1.29 is 9.53 Å². The molecule has 0 aliphatic rings. The number of aryl methyl sites for hydroxylation is 1. The van der Waals surface area contributed by atoms with Gasteiger partial charge in [-0.1, -0.05) is 34.1 Å². The van der Waals surface area contributed by atoms with E-state index in [-0.39, 0.29) is 5.91 Å². The first-order valence-corrected chi connectivity index (χ1v) is 8.08. The quantitative estimate of drug-likeness (QED) is 0.704. The van der Waals surface area contributed by atoms with E-state index in [0.717, 1.165) is 21.5 Å². The summed E-state index contributed by atoms with van der Waals surface area (Å²) in [4.78, 5) is 14.0. The highest BCUT2D eigenvalue weighted by atomic mass is 79.9. The van der Waals surface area contributed by atoms with Crippen molar-refractivity contribution in [1.29, 1.82) is 0 Å². The number of carbonyl (C=O) groups is 1. The molecule has 0 aliphatic carbocycles. The average molecular weight is 362 g/mol. The molecular weight excluding hydrogens is 342 g/mol. The first kappa shape index (κ1) is 16.6. The molecule has 0 N–H and O–H groups in total. The van der Waals surface area contributed by atoms with Crippen LogP contribution in [0.2, 0.25) is 0 Å². The maximum Gasteiger partial charge on any atom is 0.226 e. The van der Waals surface area contributed by atoms with Gasteiger partial charge in [0.05, 0.1) is 6.61 Å². The van der Waals surface area contributed by atoms with Crippen molar-refractivity contribution in [2.24, 2.45) is 0 Å². The molecule has 22 heavy (non-hydrogen) atoms. The highest BCUT2D eigenvalue weighted by Crippen LogP contribution is 2.23. The van der Waals surface area contributed by atoms with Gasteiger partial charge in [-0.25, -0.2) is 0 Å². The summed E-state index contributed by atoms with van der Waals surface area (Å²) in [7, 11) is 1.82. The number of rotatable bonds is 6. The van der Waals surface area contributed by atoms with Gasteiger partial charge in [0.25, 0.3) is 0 Å². The zero-order valence-electron chi connectivity index (χ0n) is 12.9. The molecule has 0 aliphatic heterocycles. The smallest absolute Gasteiger partial charge is 0.226 e. The Morgan fingerprint density at radius 3 is 2.59 bits per heavy atom. The first-order chi connectivity index (χ1) is 10.6. The summed E-state index contributed by atoms with van der Waals surface area (Å²) in [6.45, 7) is 2.55. The van der Waals surface area contributed by atoms with Crippen molar-refractivity contribution in [3.05, 3.63) is 58.6 Å². The molecule has 2 rings (SSSR count). The zero-order chi connectivity index (χ0) is 15.9. The molecule has 0 spiro atoms. The Kier molecular flexibility index (Phi) is 6.01. The second-order valence-corrected chi connectivity index (χ2v) is 6.06. The predicted octanol–water partition coefficient (Wildman–Crippen LogP) is 4.58. The van der Waals surface area contributed by atoms with Gasteiger partial charge in [0, 0.05) is 23.6 Å². The molecule has 0 aromatic heterocycles. The van der Waals surface area contributed by atoms with Gasteiger partial charge >= 0.3 is 0 Å². The van der Waals surface area contributed by atoms with E-state index in [1.54, 1.807) is 4.90 Å². The van der Waals surface area contributed by atoms with Crippen molar-refractivity contribution in [2.45, 2.75) is 19.8 Å². The number of hydrogen-bond donors (Lipinski definition) is 0. The summed E-state index contributed by atoms with van der Waals surface area (Å²) < 4.78 is 6.62. The first-order valence-electron chi connectivity index (χ1n) is 7.28. The van der Waals surface area contributed by atoms with Crippen molar-refractivity contribution >= 4 is 27.5 Å². The molecule has 0 fully saturated rings. The number of nitrogens with zero attached hydrogens (tertiary/aromatic N) is 1. The van der Waals surface area contributed by atoms with Crippen LogP contribution in [0, 0.1) is 6.92 Å². The van der Waals surface area contributed by atoms with Crippen LogP contribution in [0.25, 0.3) is 0 Å². The van der Waals surface area contributed by atoms with Crippen LogP contribution < -0.4 is 9.64 Å². The molecule has 2 aromatic rings. The maximum atomic E-state index is 12.3. The van der Waals surface area contributed by atoms with Gasteiger partial charge in [0.15, 0.2) is 0 Å². The number of para-hydroxylation sites is 1. The van der Waals surface area contributed by atoms with Crippen molar-refractivity contribution in [2.75, 3.05) is 18.6 Å². The minimum atomic E-state index is 0.0992. The lowest BCUT2D eigenvalue weighted by atomic mass is 10.1. The maximum absolute atomic E-state index is 12.3. The van der Waals surface area contributed by atoms with Crippen LogP contribution in [0.3, 0.4) is 0 Å². The van der Waals surface area contributed by atoms with Crippen LogP contribution in [-0.4, -0.2) is 19.6 Å². The molecule has 0 radical (unpaired) electrons. The topological polar surface area (TPSA) is 29.5 Å². The van der Waals surface area contributed by atoms with Crippen LogP contribution in [0.1, 0.15) is 18.4 Å². The third-order valence-corrected chi connectivity index (χ3v) is 3.93. The van der Waals surface area contributed by atoms with Crippen LogP contribution in [0.4, 0.5) is 5.69 Å². The Morgan fingerprint density at radius 1 is 1.18 bits per heavy atom. The number of halogens is 1. The SMILES string of the molecule is Cc1cc(Br)ccc1N(C)C(=O)CCCOc1ccccc1. The molecule has 0 atom stereocenters. The van der Waals surface area contributed by atoms with E-state index in [1.807, 2.05) is 62.5 Å². The second kappa shape index (κ2) is 7.99. The van der Waals surface area contributed by atoms with Crippen LogP contribution in [-0.2, 0) is 4.79 Å². The van der Waals surface area contributed by atoms with Crippen LogP contribution >= 0.6 is 15.9 Å². The van der Waals surface area contributed by atoms with Gasteiger partial charge in [-0.05, 0) is 49.2 Å². The van der Waals surface area contributed by atoms with Crippen molar-refractivity contribution in [1.82, 2.24) is 0 Å². The summed E-state index contributed by atoms with van der Waals surface area (Å²) in [6.07, 6.45) is 1.17. The molecule has 0 saturated carbocycles. The minimum Gasteiger partial charge on any atom is -0.494 e. The predicted molar refractivity (Wildman–Crippen MR) is 93.5 cm³/mol. The number of amides is 1. The van der Waals surface area contributed by atoms with E-state index in [2.05, 4.69) is 15.9 Å². The van der Waals surface area contributed by atoms with E-state index in [0.29, 0.717) is 19.4 Å². The number of benzene rings is 2. The van der Waals surface area contributed by atoms with E-state index in [4.69, 9.17) is 4.74 Å². The lowest BCUT2D eigenvalue weighted by molar-refractivity contribution is -0.118. The molecule has 0 saturated heterocycles. The highest BCUT2D eigenvalue weighted by Gasteiger charge is 2.12. The third kappa shape index (κ3) is 4.60. The molecule has 0 bridgehead atoms. The summed E-state index contributed by atoms with van der Waals surface area (Å²) in [5.74, 6) is 0.939. The number of anilines is 1. The molecular formula is C18H20BrNO2. The standard InChI is InChI=1S/C18H20BrNO2/c1-14-13-15(19)10-11-17(14)20(2)18(21)9-6-12-22-16-7-4-3-5-8-16/h3-5,7-8,10-11,13H,6,9,12H2,1-2H3. The van der Waals surface area contributed by atoms with E-state index in [9.17, 15) is 4.79 Å². The second-order valence-electron chi connectivity index (χ2n) is 5.15. The van der Waals surface area contributed by atoms with Crippen LogP contribution in [0.15, 0.2) is 53.0 Å². The molecule has 3 nitrogen and oxygen atoms in total. The summed E-state index contributed by atoms with van der Waals surface area (Å²) >= 11 is 3.44. The summed E-state index contributed by atoms with van der Waals surface area (Å²) in [5, 5.41) is 0. The van der Waals surface area contributed by atoms with Gasteiger partial charge in [-0.2, -0.15) is 0 Å². The molecule has 0 unspecified atom stereocenters. The largest absolute Gasteiger partial charge is 0.494 e. The summed E-state index contributed by atoms with van der Waals surface area (Å²) in [5.41, 5.74) is 2.02. The van der Waals surface area contributed by atoms with Crippen molar-refractivity contribution in [3.8, 4) is 5.75 Å². The Balaban J connectivity index is 1.81. The molecule has 116 valence electrons. The summed E-state index contributed by atoms with van der Waals surface area (Å²) in [6, 6.07) is 15.6. The molecule has 0 heterocycles. The Morgan fingerprint density at radius 2 is 1.91 bits per heavy atom. The van der Waals surface area contributed by atoms with E-state index < -0.39 is 0 Å². The molecule has 1 amide bonds. The Labute approximate surface area is 140 Å². The Bertz CT molecular complexity index is 628. The van der Waals surface area contributed by atoms with Crippen LogP contribution in [0.5, 0.6) is 5.75 Å². The number of hydrogen-bond acceptors (Lipinski definition) is 2. The van der Waals surface area contributed by atoms with E-state index >= 15 is 0 Å². The molecule has 4 heteroatoms. The van der Waals surface area contributed by atoms with Gasteiger partial charge in [-0.3, -0.25) is 4.79 Å². The lowest BCUT2D eigenvalue weighted by Crippen LogP contribution is -2.27. The fourth-order valence-electron chi connectivity index (χ4n) is 2.23. The zero-order valence-corrected chi connectivity index (χ0v) is 14.5. The van der Waals surface area contributed by atoms with Gasteiger partial charge in [0.1, 0.15) is 5.75 Å². The van der Waals surface area contributed by atoms with Gasteiger partial charge in [0.2, 0.25) is 5.91 Å².